The highest BCUT2D eigenvalue weighted by atomic mass is 79.9. The largest absolute Gasteiger partial charge is 0.343 e. The molecule has 0 aliphatic rings. The number of amides is 2. The third-order valence-electron chi connectivity index (χ3n) is 3.39. The van der Waals surface area contributed by atoms with Crippen molar-refractivity contribution in [2.45, 2.75) is 33.2 Å². The van der Waals surface area contributed by atoms with Gasteiger partial charge in [0.1, 0.15) is 0 Å². The van der Waals surface area contributed by atoms with E-state index in [-0.39, 0.29) is 24.4 Å². The number of rotatable bonds is 6. The van der Waals surface area contributed by atoms with E-state index in [4.69, 9.17) is 0 Å². The maximum atomic E-state index is 12.1. The van der Waals surface area contributed by atoms with Crippen LogP contribution in [-0.2, 0) is 4.79 Å². The minimum atomic E-state index is -0.249. The zero-order valence-electron chi connectivity index (χ0n) is 13.0. The highest BCUT2D eigenvalue weighted by Crippen LogP contribution is 2.15. The van der Waals surface area contributed by atoms with Gasteiger partial charge in [-0.05, 0) is 47.3 Å². The van der Waals surface area contributed by atoms with Gasteiger partial charge in [-0.2, -0.15) is 0 Å². The molecule has 21 heavy (non-hydrogen) atoms. The average Bonchev–Trinajstić information content (AvgIpc) is 2.43. The summed E-state index contributed by atoms with van der Waals surface area (Å²) in [6, 6.07) is 7.31. The standard InChI is InChI=1S/C16H23BrN2O2/c1-11(2)9-12(3)19(4)15(20)10-18-16(21)13-7-5-6-8-14(13)17/h5-8,11-12H,9-10H2,1-4H3,(H,18,21)/t12-/m1/s1. The molecule has 0 aliphatic carbocycles. The van der Waals surface area contributed by atoms with Crippen LogP contribution in [0, 0.1) is 5.92 Å². The van der Waals surface area contributed by atoms with E-state index in [0.29, 0.717) is 11.5 Å². The van der Waals surface area contributed by atoms with Gasteiger partial charge in [0.15, 0.2) is 0 Å². The number of likely N-dealkylation sites (N-methyl/N-ethyl adjacent to an activating group) is 1. The number of halogens is 1. The van der Waals surface area contributed by atoms with Crippen LogP contribution in [0.1, 0.15) is 37.6 Å². The fraction of sp³-hybridized carbons (Fsp3) is 0.500. The van der Waals surface area contributed by atoms with Crippen molar-refractivity contribution in [1.29, 1.82) is 0 Å². The quantitative estimate of drug-likeness (QED) is 0.853. The first-order chi connectivity index (χ1) is 9.82. The maximum absolute atomic E-state index is 12.1. The summed E-state index contributed by atoms with van der Waals surface area (Å²) in [6.07, 6.45) is 0.945. The molecule has 0 saturated carbocycles. The fourth-order valence-electron chi connectivity index (χ4n) is 2.11. The Kier molecular flexibility index (Phi) is 6.89. The van der Waals surface area contributed by atoms with E-state index in [0.717, 1.165) is 10.9 Å². The Balaban J connectivity index is 2.53. The van der Waals surface area contributed by atoms with E-state index in [1.807, 2.05) is 13.0 Å². The molecule has 0 aromatic heterocycles. The predicted molar refractivity (Wildman–Crippen MR) is 88.2 cm³/mol. The molecule has 1 rings (SSSR count). The summed E-state index contributed by atoms with van der Waals surface area (Å²) in [5, 5.41) is 2.67. The highest BCUT2D eigenvalue weighted by Gasteiger charge is 2.18. The number of hydrogen-bond donors (Lipinski definition) is 1. The molecule has 0 aliphatic heterocycles. The fourth-order valence-corrected chi connectivity index (χ4v) is 2.57. The molecule has 0 bridgehead atoms. The minimum absolute atomic E-state index is 0.0130. The van der Waals surface area contributed by atoms with Gasteiger partial charge in [0, 0.05) is 17.6 Å². The molecule has 5 heteroatoms. The molecule has 0 unspecified atom stereocenters. The van der Waals surface area contributed by atoms with Gasteiger partial charge >= 0.3 is 0 Å². The molecule has 1 N–H and O–H groups in total. The summed E-state index contributed by atoms with van der Waals surface area (Å²) in [6.45, 7) is 6.29. The molecule has 0 radical (unpaired) electrons. The first-order valence-electron chi connectivity index (χ1n) is 7.11. The lowest BCUT2D eigenvalue weighted by atomic mass is 10.0. The van der Waals surface area contributed by atoms with Gasteiger partial charge in [-0.1, -0.05) is 26.0 Å². The molecular formula is C16H23BrN2O2. The first kappa shape index (κ1) is 17.7. The summed E-state index contributed by atoms with van der Waals surface area (Å²) >= 11 is 3.33. The molecule has 116 valence electrons. The molecule has 1 aromatic carbocycles. The zero-order valence-corrected chi connectivity index (χ0v) is 14.6. The van der Waals surface area contributed by atoms with E-state index in [2.05, 4.69) is 35.1 Å². The van der Waals surface area contributed by atoms with E-state index in [9.17, 15) is 9.59 Å². The monoisotopic (exact) mass is 354 g/mol. The van der Waals surface area contributed by atoms with Crippen molar-refractivity contribution in [1.82, 2.24) is 10.2 Å². The van der Waals surface area contributed by atoms with Crippen LogP contribution in [-0.4, -0.2) is 36.3 Å². The predicted octanol–water partition coefficient (Wildman–Crippen LogP) is 3.07. The Hall–Kier alpha value is -1.36. The maximum Gasteiger partial charge on any atom is 0.252 e. The van der Waals surface area contributed by atoms with E-state index in [1.165, 1.54) is 0 Å². The van der Waals surface area contributed by atoms with Gasteiger partial charge in [0.25, 0.3) is 5.91 Å². The van der Waals surface area contributed by atoms with Crippen LogP contribution in [0.4, 0.5) is 0 Å². The summed E-state index contributed by atoms with van der Waals surface area (Å²) in [5.41, 5.74) is 0.531. The molecule has 0 fully saturated rings. The Morgan fingerprint density at radius 2 is 1.86 bits per heavy atom. The van der Waals surface area contributed by atoms with Crippen molar-refractivity contribution < 1.29 is 9.59 Å². The second-order valence-corrected chi connectivity index (χ2v) is 6.50. The molecule has 0 saturated heterocycles. The lowest BCUT2D eigenvalue weighted by molar-refractivity contribution is -0.130. The van der Waals surface area contributed by atoms with Gasteiger partial charge in [0.05, 0.1) is 12.1 Å². The normalized spacial score (nSPS) is 12.1. The van der Waals surface area contributed by atoms with Crippen molar-refractivity contribution in [3.63, 3.8) is 0 Å². The Morgan fingerprint density at radius 1 is 1.24 bits per heavy atom. The van der Waals surface area contributed by atoms with E-state index >= 15 is 0 Å². The number of benzene rings is 1. The lowest BCUT2D eigenvalue weighted by Crippen LogP contribution is -2.42. The summed E-state index contributed by atoms with van der Waals surface area (Å²) in [5.74, 6) is 0.203. The Bertz CT molecular complexity index is 503. The smallest absolute Gasteiger partial charge is 0.252 e. The zero-order chi connectivity index (χ0) is 16.0. The Morgan fingerprint density at radius 3 is 2.43 bits per heavy atom. The van der Waals surface area contributed by atoms with Crippen LogP contribution in [0.3, 0.4) is 0 Å². The van der Waals surface area contributed by atoms with E-state index in [1.54, 1.807) is 30.1 Å². The minimum Gasteiger partial charge on any atom is -0.343 e. The van der Waals surface area contributed by atoms with Crippen LogP contribution >= 0.6 is 15.9 Å². The first-order valence-corrected chi connectivity index (χ1v) is 7.90. The van der Waals surface area contributed by atoms with Crippen LogP contribution in [0.15, 0.2) is 28.7 Å². The SMILES string of the molecule is CC(C)C[C@@H](C)N(C)C(=O)CNC(=O)c1ccccc1Br. The van der Waals surface area contributed by atoms with Gasteiger partial charge in [-0.25, -0.2) is 0 Å². The number of nitrogens with zero attached hydrogens (tertiary/aromatic N) is 1. The third-order valence-corrected chi connectivity index (χ3v) is 4.08. The van der Waals surface area contributed by atoms with Crippen molar-refractivity contribution in [3.05, 3.63) is 34.3 Å². The second kappa shape index (κ2) is 8.17. The van der Waals surface area contributed by atoms with Gasteiger partial charge in [-0.15, -0.1) is 0 Å². The van der Waals surface area contributed by atoms with Crippen LogP contribution in [0.2, 0.25) is 0 Å². The second-order valence-electron chi connectivity index (χ2n) is 5.65. The van der Waals surface area contributed by atoms with Crippen molar-refractivity contribution in [2.75, 3.05) is 13.6 Å². The lowest BCUT2D eigenvalue weighted by Gasteiger charge is -2.26. The van der Waals surface area contributed by atoms with Crippen molar-refractivity contribution in [3.8, 4) is 0 Å². The molecule has 0 spiro atoms. The summed E-state index contributed by atoms with van der Waals surface area (Å²) < 4.78 is 0.719. The third kappa shape index (κ3) is 5.50. The van der Waals surface area contributed by atoms with Gasteiger partial charge in [-0.3, -0.25) is 9.59 Å². The van der Waals surface area contributed by atoms with Crippen molar-refractivity contribution in [2.24, 2.45) is 5.92 Å². The number of hydrogen-bond acceptors (Lipinski definition) is 2. The molecule has 2 amide bonds. The van der Waals surface area contributed by atoms with Crippen molar-refractivity contribution >= 4 is 27.7 Å². The molecule has 4 nitrogen and oxygen atoms in total. The number of nitrogens with one attached hydrogen (secondary N) is 1. The van der Waals surface area contributed by atoms with Crippen LogP contribution in [0.5, 0.6) is 0 Å². The van der Waals surface area contributed by atoms with Crippen LogP contribution < -0.4 is 5.32 Å². The van der Waals surface area contributed by atoms with Gasteiger partial charge in [0.2, 0.25) is 5.91 Å². The Labute approximate surface area is 135 Å². The average molecular weight is 355 g/mol. The highest BCUT2D eigenvalue weighted by molar-refractivity contribution is 9.10. The number of carbonyl (C=O) groups is 2. The summed E-state index contributed by atoms with van der Waals surface area (Å²) in [4.78, 5) is 25.8. The molecule has 1 atom stereocenters. The van der Waals surface area contributed by atoms with Crippen LogP contribution in [0.25, 0.3) is 0 Å². The van der Waals surface area contributed by atoms with Gasteiger partial charge < -0.3 is 10.2 Å². The van der Waals surface area contributed by atoms with E-state index < -0.39 is 0 Å². The topological polar surface area (TPSA) is 49.4 Å². The summed E-state index contributed by atoms with van der Waals surface area (Å²) in [7, 11) is 1.78. The molecule has 0 heterocycles. The molecule has 1 aromatic rings. The number of carbonyl (C=O) groups excluding carboxylic acids is 2. The molecular weight excluding hydrogens is 332 g/mol.